The van der Waals surface area contributed by atoms with Crippen molar-refractivity contribution >= 4 is 22.9 Å². The summed E-state index contributed by atoms with van der Waals surface area (Å²) in [5.74, 6) is 1.13. The number of halogens is 1. The molecule has 1 heterocycles. The van der Waals surface area contributed by atoms with Crippen LogP contribution in [0.5, 0.6) is 5.75 Å². The first-order valence-electron chi connectivity index (χ1n) is 6.22. The van der Waals surface area contributed by atoms with Crippen LogP contribution >= 0.6 is 22.9 Å². The van der Waals surface area contributed by atoms with Gasteiger partial charge in [-0.05, 0) is 35.7 Å². The van der Waals surface area contributed by atoms with E-state index >= 15 is 0 Å². The second-order valence-electron chi connectivity index (χ2n) is 4.82. The summed E-state index contributed by atoms with van der Waals surface area (Å²) in [6.45, 7) is 4.27. The summed E-state index contributed by atoms with van der Waals surface area (Å²) in [5, 5.41) is 0.627. The minimum Gasteiger partial charge on any atom is -0.495 e. The maximum absolute atomic E-state index is 6.17. The van der Waals surface area contributed by atoms with Crippen LogP contribution in [0.1, 0.15) is 24.8 Å². The van der Waals surface area contributed by atoms with Gasteiger partial charge >= 0.3 is 0 Å². The Kier molecular flexibility index (Phi) is 4.50. The van der Waals surface area contributed by atoms with Gasteiger partial charge in [0.2, 0.25) is 0 Å². The summed E-state index contributed by atoms with van der Waals surface area (Å²) >= 11 is 7.76. The number of ether oxygens (including phenoxy) is 1. The smallest absolute Gasteiger partial charge is 0.138 e. The van der Waals surface area contributed by atoms with E-state index in [4.69, 9.17) is 22.1 Å². The Morgan fingerprint density at radius 2 is 1.95 bits per heavy atom. The number of methoxy groups -OCH3 is 1. The SMILES string of the molecule is COc1cc(-c2ccc(C(N)C(C)C)s2)ccc1Cl. The molecule has 0 spiro atoms. The van der Waals surface area contributed by atoms with E-state index < -0.39 is 0 Å². The van der Waals surface area contributed by atoms with Crippen LogP contribution in [0.3, 0.4) is 0 Å². The van der Waals surface area contributed by atoms with Gasteiger partial charge in [0.25, 0.3) is 0 Å². The highest BCUT2D eigenvalue weighted by atomic mass is 35.5. The summed E-state index contributed by atoms with van der Waals surface area (Å²) in [6.07, 6.45) is 0. The molecule has 1 aromatic heterocycles. The molecular weight excluding hydrogens is 278 g/mol. The average molecular weight is 296 g/mol. The number of rotatable bonds is 4. The minimum atomic E-state index is 0.0907. The Bertz CT molecular complexity index is 565. The molecule has 0 aliphatic carbocycles. The molecule has 4 heteroatoms. The molecule has 0 aliphatic rings. The molecule has 0 fully saturated rings. The lowest BCUT2D eigenvalue weighted by molar-refractivity contribution is 0.415. The Morgan fingerprint density at radius 1 is 1.21 bits per heavy atom. The molecule has 2 N–H and O–H groups in total. The molecule has 0 bridgehead atoms. The predicted octanol–water partition coefficient (Wildman–Crippen LogP) is 4.73. The third kappa shape index (κ3) is 3.11. The third-order valence-corrected chi connectivity index (χ3v) is 4.66. The Hall–Kier alpha value is -1.03. The van der Waals surface area contributed by atoms with E-state index in [1.807, 2.05) is 18.2 Å². The zero-order valence-electron chi connectivity index (χ0n) is 11.3. The van der Waals surface area contributed by atoms with Crippen LogP contribution in [0.2, 0.25) is 5.02 Å². The lowest BCUT2D eigenvalue weighted by Gasteiger charge is -2.12. The van der Waals surface area contributed by atoms with Gasteiger partial charge < -0.3 is 10.5 Å². The zero-order valence-corrected chi connectivity index (χ0v) is 12.9. The van der Waals surface area contributed by atoms with Crippen LogP contribution in [0.4, 0.5) is 0 Å². The zero-order chi connectivity index (χ0) is 14.0. The standard InChI is InChI=1S/C15H18ClNOS/c1-9(2)15(17)14-7-6-13(19-14)10-4-5-11(16)12(8-10)18-3/h4-9,15H,17H2,1-3H3. The lowest BCUT2D eigenvalue weighted by Crippen LogP contribution is -2.14. The third-order valence-electron chi connectivity index (χ3n) is 3.11. The van der Waals surface area contributed by atoms with Crippen LogP contribution in [0, 0.1) is 5.92 Å². The first-order chi connectivity index (χ1) is 9.02. The van der Waals surface area contributed by atoms with Gasteiger partial charge in [0, 0.05) is 15.8 Å². The van der Waals surface area contributed by atoms with E-state index in [1.54, 1.807) is 18.4 Å². The van der Waals surface area contributed by atoms with Gasteiger partial charge in [0.15, 0.2) is 0 Å². The fourth-order valence-electron chi connectivity index (χ4n) is 1.83. The minimum absolute atomic E-state index is 0.0907. The van der Waals surface area contributed by atoms with Gasteiger partial charge in [-0.15, -0.1) is 11.3 Å². The van der Waals surface area contributed by atoms with Gasteiger partial charge in [-0.1, -0.05) is 31.5 Å². The van der Waals surface area contributed by atoms with E-state index in [0.717, 1.165) is 5.56 Å². The van der Waals surface area contributed by atoms with Crippen molar-refractivity contribution in [3.8, 4) is 16.2 Å². The second-order valence-corrected chi connectivity index (χ2v) is 6.34. The predicted molar refractivity (Wildman–Crippen MR) is 83.1 cm³/mol. The summed E-state index contributed by atoms with van der Waals surface area (Å²) in [4.78, 5) is 2.39. The maximum Gasteiger partial charge on any atom is 0.138 e. The molecule has 0 amide bonds. The molecule has 0 aliphatic heterocycles. The van der Waals surface area contributed by atoms with Crippen molar-refractivity contribution < 1.29 is 4.74 Å². The van der Waals surface area contributed by atoms with Crippen LogP contribution in [0.25, 0.3) is 10.4 Å². The van der Waals surface area contributed by atoms with Crippen LogP contribution in [-0.2, 0) is 0 Å². The van der Waals surface area contributed by atoms with Gasteiger partial charge in [-0.25, -0.2) is 0 Å². The van der Waals surface area contributed by atoms with Crippen molar-refractivity contribution in [2.75, 3.05) is 7.11 Å². The van der Waals surface area contributed by atoms with E-state index in [2.05, 4.69) is 26.0 Å². The van der Waals surface area contributed by atoms with Crippen LogP contribution in [-0.4, -0.2) is 7.11 Å². The molecule has 1 atom stereocenters. The number of benzene rings is 1. The van der Waals surface area contributed by atoms with Gasteiger partial charge in [0.05, 0.1) is 12.1 Å². The normalized spacial score (nSPS) is 12.7. The molecule has 2 aromatic rings. The van der Waals surface area contributed by atoms with Crippen molar-refractivity contribution in [1.29, 1.82) is 0 Å². The second kappa shape index (κ2) is 5.95. The Balaban J connectivity index is 2.32. The van der Waals surface area contributed by atoms with Crippen molar-refractivity contribution in [3.63, 3.8) is 0 Å². The molecular formula is C15H18ClNOS. The summed E-state index contributed by atoms with van der Waals surface area (Å²) < 4.78 is 5.25. The van der Waals surface area contributed by atoms with E-state index in [0.29, 0.717) is 16.7 Å². The maximum atomic E-state index is 6.17. The monoisotopic (exact) mass is 295 g/mol. The van der Waals surface area contributed by atoms with E-state index in [1.165, 1.54) is 9.75 Å². The molecule has 0 saturated carbocycles. The number of thiophene rings is 1. The molecule has 1 aromatic carbocycles. The quantitative estimate of drug-likeness (QED) is 0.885. The largest absolute Gasteiger partial charge is 0.495 e. The fourth-order valence-corrected chi connectivity index (χ4v) is 3.20. The first-order valence-corrected chi connectivity index (χ1v) is 7.41. The highest BCUT2D eigenvalue weighted by molar-refractivity contribution is 7.15. The topological polar surface area (TPSA) is 35.2 Å². The molecule has 2 nitrogen and oxygen atoms in total. The van der Waals surface area contributed by atoms with Crippen LogP contribution < -0.4 is 10.5 Å². The number of hydrogen-bond acceptors (Lipinski definition) is 3. The molecule has 19 heavy (non-hydrogen) atoms. The molecule has 102 valence electrons. The van der Waals surface area contributed by atoms with Crippen molar-refractivity contribution in [1.82, 2.24) is 0 Å². The molecule has 0 saturated heterocycles. The molecule has 0 radical (unpaired) electrons. The lowest BCUT2D eigenvalue weighted by atomic mass is 10.0. The molecule has 2 rings (SSSR count). The number of nitrogens with two attached hydrogens (primary N) is 1. The first kappa shape index (κ1) is 14.4. The fraction of sp³-hybridized carbons (Fsp3) is 0.333. The average Bonchev–Trinajstić information content (AvgIpc) is 2.87. The highest BCUT2D eigenvalue weighted by Gasteiger charge is 2.14. The number of hydrogen-bond donors (Lipinski definition) is 1. The van der Waals surface area contributed by atoms with Crippen molar-refractivity contribution in [3.05, 3.63) is 40.2 Å². The summed E-state index contributed by atoms with van der Waals surface area (Å²) in [6, 6.07) is 10.1. The summed E-state index contributed by atoms with van der Waals surface area (Å²) in [7, 11) is 1.62. The van der Waals surface area contributed by atoms with Crippen molar-refractivity contribution in [2.24, 2.45) is 11.7 Å². The van der Waals surface area contributed by atoms with Gasteiger partial charge in [0.1, 0.15) is 5.75 Å². The van der Waals surface area contributed by atoms with Crippen LogP contribution in [0.15, 0.2) is 30.3 Å². The van der Waals surface area contributed by atoms with E-state index in [-0.39, 0.29) is 6.04 Å². The van der Waals surface area contributed by atoms with Crippen molar-refractivity contribution in [2.45, 2.75) is 19.9 Å². The Morgan fingerprint density at radius 3 is 2.58 bits per heavy atom. The van der Waals surface area contributed by atoms with Gasteiger partial charge in [-0.3, -0.25) is 0 Å². The van der Waals surface area contributed by atoms with E-state index in [9.17, 15) is 0 Å². The van der Waals surface area contributed by atoms with Gasteiger partial charge in [-0.2, -0.15) is 0 Å². The summed E-state index contributed by atoms with van der Waals surface area (Å²) in [5.41, 5.74) is 7.28. The molecule has 1 unspecified atom stereocenters. The highest BCUT2D eigenvalue weighted by Crippen LogP contribution is 2.36. The Labute approximate surface area is 123 Å².